The highest BCUT2D eigenvalue weighted by atomic mass is 16.5. The lowest BCUT2D eigenvalue weighted by Gasteiger charge is -2.14. The van der Waals surface area contributed by atoms with Crippen molar-refractivity contribution < 1.29 is 19.1 Å². The first-order valence-corrected chi connectivity index (χ1v) is 7.74. The van der Waals surface area contributed by atoms with Crippen LogP contribution in [0, 0.1) is 0 Å². The topological polar surface area (TPSA) is 87.7 Å². The minimum Gasteiger partial charge on any atom is -0.497 e. The molecule has 0 unspecified atom stereocenters. The largest absolute Gasteiger partial charge is 0.497 e. The van der Waals surface area contributed by atoms with E-state index in [0.717, 1.165) is 4.90 Å². The van der Waals surface area contributed by atoms with Gasteiger partial charge in [-0.15, -0.1) is 0 Å². The summed E-state index contributed by atoms with van der Waals surface area (Å²) in [6.07, 6.45) is 0. The molecule has 2 N–H and O–H groups in total. The van der Waals surface area contributed by atoms with E-state index in [1.807, 2.05) is 0 Å². The van der Waals surface area contributed by atoms with Crippen LogP contribution >= 0.6 is 0 Å². The molecule has 4 amide bonds. The van der Waals surface area contributed by atoms with Crippen LogP contribution < -0.4 is 15.4 Å². The van der Waals surface area contributed by atoms with Gasteiger partial charge in [-0.1, -0.05) is 18.2 Å². The minimum atomic E-state index is -0.426. The molecule has 1 aliphatic heterocycles. The Hall–Kier alpha value is -3.35. The van der Waals surface area contributed by atoms with Crippen molar-refractivity contribution in [2.24, 2.45) is 0 Å². The van der Waals surface area contributed by atoms with Crippen molar-refractivity contribution in [2.75, 3.05) is 25.5 Å². The van der Waals surface area contributed by atoms with Crippen LogP contribution in [-0.4, -0.2) is 42.9 Å². The van der Waals surface area contributed by atoms with E-state index in [1.54, 1.807) is 55.6 Å². The van der Waals surface area contributed by atoms with Gasteiger partial charge in [0.05, 0.1) is 18.2 Å². The number of methoxy groups -OCH3 is 1. The third-order valence-corrected chi connectivity index (χ3v) is 3.83. The van der Waals surface area contributed by atoms with E-state index in [2.05, 4.69) is 10.6 Å². The first-order valence-electron chi connectivity index (χ1n) is 7.74. The van der Waals surface area contributed by atoms with Gasteiger partial charge in [0.25, 0.3) is 11.8 Å². The van der Waals surface area contributed by atoms with E-state index in [-0.39, 0.29) is 24.9 Å². The molecule has 1 aliphatic rings. The molecule has 7 heteroatoms. The van der Waals surface area contributed by atoms with Crippen molar-refractivity contribution in [1.29, 1.82) is 0 Å². The van der Waals surface area contributed by atoms with Gasteiger partial charge in [0, 0.05) is 24.8 Å². The number of hydrogen-bond donors (Lipinski definition) is 2. The van der Waals surface area contributed by atoms with Crippen LogP contribution in [-0.2, 0) is 0 Å². The molecule has 0 saturated carbocycles. The summed E-state index contributed by atoms with van der Waals surface area (Å²) in [4.78, 5) is 37.5. The van der Waals surface area contributed by atoms with Gasteiger partial charge in [0.15, 0.2) is 0 Å². The van der Waals surface area contributed by atoms with Gasteiger partial charge in [-0.2, -0.15) is 0 Å². The smallest absolute Gasteiger partial charge is 0.319 e. The number of anilines is 1. The van der Waals surface area contributed by atoms with Crippen molar-refractivity contribution in [3.05, 3.63) is 59.7 Å². The SMILES string of the molecule is COc1cccc(NC(=O)NCCN2C(=O)c3ccccc3C2=O)c1. The Kier molecular flexibility index (Phi) is 4.65. The maximum atomic E-state index is 12.2. The standard InChI is InChI=1S/C18H17N3O4/c1-25-13-6-4-5-12(11-13)20-18(24)19-9-10-21-16(22)14-7-2-3-8-15(14)17(21)23/h2-8,11H,9-10H2,1H3,(H2,19,20,24). The molecule has 0 spiro atoms. The lowest BCUT2D eigenvalue weighted by atomic mass is 10.1. The third-order valence-electron chi connectivity index (χ3n) is 3.83. The van der Waals surface area contributed by atoms with Gasteiger partial charge >= 0.3 is 6.03 Å². The quantitative estimate of drug-likeness (QED) is 0.817. The van der Waals surface area contributed by atoms with Crippen LogP contribution in [0.1, 0.15) is 20.7 Å². The number of ether oxygens (including phenoxy) is 1. The second kappa shape index (κ2) is 7.04. The molecule has 0 atom stereocenters. The molecule has 3 rings (SSSR count). The summed E-state index contributed by atoms with van der Waals surface area (Å²) in [6.45, 7) is 0.263. The van der Waals surface area contributed by atoms with E-state index in [9.17, 15) is 14.4 Å². The van der Waals surface area contributed by atoms with Crippen LogP contribution in [0.5, 0.6) is 5.75 Å². The minimum absolute atomic E-state index is 0.109. The molecule has 0 radical (unpaired) electrons. The lowest BCUT2D eigenvalue weighted by Crippen LogP contribution is -2.39. The lowest BCUT2D eigenvalue weighted by molar-refractivity contribution is 0.0656. The van der Waals surface area contributed by atoms with E-state index >= 15 is 0 Å². The molecular weight excluding hydrogens is 322 g/mol. The monoisotopic (exact) mass is 339 g/mol. The normalized spacial score (nSPS) is 12.8. The van der Waals surface area contributed by atoms with E-state index < -0.39 is 6.03 Å². The number of nitrogens with zero attached hydrogens (tertiary/aromatic N) is 1. The number of amides is 4. The van der Waals surface area contributed by atoms with Crippen LogP contribution in [0.25, 0.3) is 0 Å². The zero-order valence-corrected chi connectivity index (χ0v) is 13.6. The van der Waals surface area contributed by atoms with Crippen molar-refractivity contribution in [3.63, 3.8) is 0 Å². The van der Waals surface area contributed by atoms with Crippen LogP contribution in [0.15, 0.2) is 48.5 Å². The highest BCUT2D eigenvalue weighted by molar-refractivity contribution is 6.21. The van der Waals surface area contributed by atoms with Gasteiger partial charge < -0.3 is 15.4 Å². The Morgan fingerprint density at radius 2 is 1.72 bits per heavy atom. The second-order valence-corrected chi connectivity index (χ2v) is 5.42. The van der Waals surface area contributed by atoms with Crippen LogP contribution in [0.3, 0.4) is 0 Å². The number of carbonyl (C=O) groups excluding carboxylic acids is 3. The highest BCUT2D eigenvalue weighted by Gasteiger charge is 2.34. The summed E-state index contributed by atoms with van der Waals surface area (Å²) >= 11 is 0. The van der Waals surface area contributed by atoms with Gasteiger partial charge in [0.1, 0.15) is 5.75 Å². The summed E-state index contributed by atoms with van der Waals surface area (Å²) in [5.41, 5.74) is 1.37. The number of nitrogens with one attached hydrogen (secondary N) is 2. The van der Waals surface area contributed by atoms with Gasteiger partial charge in [-0.25, -0.2) is 4.79 Å². The highest BCUT2D eigenvalue weighted by Crippen LogP contribution is 2.21. The maximum Gasteiger partial charge on any atom is 0.319 e. The van der Waals surface area contributed by atoms with Crippen LogP contribution in [0.2, 0.25) is 0 Å². The maximum absolute atomic E-state index is 12.2. The molecule has 0 aromatic heterocycles. The Morgan fingerprint density at radius 1 is 1.04 bits per heavy atom. The van der Waals surface area contributed by atoms with Crippen molar-refractivity contribution in [2.45, 2.75) is 0 Å². The van der Waals surface area contributed by atoms with Gasteiger partial charge in [-0.3, -0.25) is 14.5 Å². The molecular formula is C18H17N3O4. The number of urea groups is 1. The molecule has 128 valence electrons. The first-order chi connectivity index (χ1) is 12.1. The third kappa shape index (κ3) is 3.45. The van der Waals surface area contributed by atoms with Crippen LogP contribution in [0.4, 0.5) is 10.5 Å². The Morgan fingerprint density at radius 3 is 2.36 bits per heavy atom. The Labute approximate surface area is 144 Å². The molecule has 7 nitrogen and oxygen atoms in total. The van der Waals surface area contributed by atoms with Gasteiger partial charge in [0.2, 0.25) is 0 Å². The molecule has 2 aromatic carbocycles. The van der Waals surface area contributed by atoms with Crippen molar-refractivity contribution >= 4 is 23.5 Å². The van der Waals surface area contributed by atoms with E-state index in [0.29, 0.717) is 22.6 Å². The summed E-state index contributed by atoms with van der Waals surface area (Å²) in [7, 11) is 1.54. The molecule has 25 heavy (non-hydrogen) atoms. The molecule has 0 aliphatic carbocycles. The summed E-state index contributed by atoms with van der Waals surface area (Å²) in [6, 6.07) is 13.2. The average molecular weight is 339 g/mol. The zero-order valence-electron chi connectivity index (χ0n) is 13.6. The fraction of sp³-hybridized carbons (Fsp3) is 0.167. The molecule has 0 bridgehead atoms. The van der Waals surface area contributed by atoms with Gasteiger partial charge in [-0.05, 0) is 24.3 Å². The summed E-state index contributed by atoms with van der Waals surface area (Å²) < 4.78 is 5.09. The molecule has 0 saturated heterocycles. The predicted molar refractivity (Wildman–Crippen MR) is 91.8 cm³/mol. The van der Waals surface area contributed by atoms with Crippen molar-refractivity contribution in [1.82, 2.24) is 10.2 Å². The summed E-state index contributed by atoms with van der Waals surface area (Å²) in [5, 5.41) is 5.29. The Bertz CT molecular complexity index is 800. The fourth-order valence-corrected chi connectivity index (χ4v) is 2.60. The van der Waals surface area contributed by atoms with E-state index in [1.165, 1.54) is 0 Å². The Balaban J connectivity index is 1.52. The van der Waals surface area contributed by atoms with E-state index in [4.69, 9.17) is 4.74 Å². The predicted octanol–water partition coefficient (Wildman–Crippen LogP) is 2.11. The fourth-order valence-electron chi connectivity index (χ4n) is 2.60. The zero-order chi connectivity index (χ0) is 17.8. The second-order valence-electron chi connectivity index (χ2n) is 5.42. The summed E-state index contributed by atoms with van der Waals surface area (Å²) in [5.74, 6) is -0.0463. The number of rotatable bonds is 5. The number of hydrogen-bond acceptors (Lipinski definition) is 4. The molecule has 2 aromatic rings. The van der Waals surface area contributed by atoms with Crippen molar-refractivity contribution in [3.8, 4) is 5.75 Å². The number of carbonyl (C=O) groups is 3. The molecule has 0 fully saturated rings. The number of fused-ring (bicyclic) bond motifs is 1. The number of imide groups is 1. The molecule has 1 heterocycles. The number of benzene rings is 2. The first kappa shape index (κ1) is 16.5. The average Bonchev–Trinajstić information content (AvgIpc) is 2.87.